The van der Waals surface area contributed by atoms with Crippen molar-refractivity contribution in [2.75, 3.05) is 7.11 Å². The van der Waals surface area contributed by atoms with Gasteiger partial charge in [0.15, 0.2) is 0 Å². The van der Waals surface area contributed by atoms with Gasteiger partial charge in [0.05, 0.1) is 12.7 Å². The van der Waals surface area contributed by atoms with E-state index in [-0.39, 0.29) is 0 Å². The van der Waals surface area contributed by atoms with Crippen molar-refractivity contribution in [2.24, 2.45) is 5.92 Å². The monoisotopic (exact) mass is 276 g/mol. The Kier molecular flexibility index (Phi) is 3.27. The number of fused-ring (bicyclic) bond motifs is 1. The van der Waals surface area contributed by atoms with Crippen LogP contribution in [-0.2, 0) is 5.60 Å². The number of hydrogen-bond donors (Lipinski definition) is 1. The lowest BCUT2D eigenvalue weighted by Crippen LogP contribution is -2.30. The van der Waals surface area contributed by atoms with Crippen molar-refractivity contribution in [3.8, 4) is 5.75 Å². The van der Waals surface area contributed by atoms with Crippen LogP contribution < -0.4 is 4.74 Å². The summed E-state index contributed by atoms with van der Waals surface area (Å²) in [5, 5.41) is 12.1. The van der Waals surface area contributed by atoms with Crippen LogP contribution in [0.4, 0.5) is 0 Å². The van der Waals surface area contributed by atoms with Gasteiger partial charge >= 0.3 is 0 Å². The summed E-state index contributed by atoms with van der Waals surface area (Å²) in [6, 6.07) is 8.26. The summed E-state index contributed by atoms with van der Waals surface area (Å²) in [6.45, 7) is 2.24. The molecule has 1 aromatic carbocycles. The number of aliphatic hydroxyl groups is 1. The number of rotatable bonds is 2. The molecule has 0 radical (unpaired) electrons. The first-order valence-electron chi connectivity index (χ1n) is 6.91. The molecule has 2 atom stereocenters. The highest BCUT2D eigenvalue weighted by atomic mass is 32.1. The van der Waals surface area contributed by atoms with E-state index in [0.29, 0.717) is 5.92 Å². The molecule has 2 aromatic rings. The van der Waals surface area contributed by atoms with Crippen LogP contribution in [-0.4, -0.2) is 12.2 Å². The van der Waals surface area contributed by atoms with Crippen LogP contribution >= 0.6 is 11.3 Å². The number of hydrogen-bond acceptors (Lipinski definition) is 3. The fourth-order valence-corrected chi connectivity index (χ4v) is 4.33. The zero-order valence-corrected chi connectivity index (χ0v) is 12.3. The zero-order valence-electron chi connectivity index (χ0n) is 11.5. The molecule has 1 heterocycles. The number of ether oxygens (including phenoxy) is 1. The molecule has 0 amide bonds. The number of methoxy groups -OCH3 is 1. The minimum Gasteiger partial charge on any atom is -0.497 e. The molecule has 102 valence electrons. The van der Waals surface area contributed by atoms with Crippen LogP contribution in [0.3, 0.4) is 0 Å². The van der Waals surface area contributed by atoms with Crippen LogP contribution in [0.1, 0.15) is 37.5 Å². The predicted octanol–water partition coefficient (Wildman–Crippen LogP) is 4.31. The molecule has 0 saturated heterocycles. The third-order valence-corrected chi connectivity index (χ3v) is 5.45. The minimum atomic E-state index is -0.616. The molecule has 3 rings (SSSR count). The Hall–Kier alpha value is -1.06. The first-order valence-corrected chi connectivity index (χ1v) is 7.73. The van der Waals surface area contributed by atoms with E-state index in [1.807, 2.05) is 6.07 Å². The molecule has 19 heavy (non-hydrogen) atoms. The maximum absolute atomic E-state index is 10.9. The minimum absolute atomic E-state index is 0.610. The maximum atomic E-state index is 10.9. The van der Waals surface area contributed by atoms with Crippen LogP contribution in [0.2, 0.25) is 0 Å². The van der Waals surface area contributed by atoms with E-state index in [9.17, 15) is 5.11 Å². The fraction of sp³-hybridized carbons (Fsp3) is 0.500. The van der Waals surface area contributed by atoms with E-state index in [4.69, 9.17) is 4.74 Å². The van der Waals surface area contributed by atoms with Crippen LogP contribution in [0.15, 0.2) is 24.3 Å². The Morgan fingerprint density at radius 2 is 2.21 bits per heavy atom. The zero-order chi connectivity index (χ0) is 13.5. The van der Waals surface area contributed by atoms with Gasteiger partial charge in [-0.15, -0.1) is 11.3 Å². The molecule has 0 spiro atoms. The van der Waals surface area contributed by atoms with Crippen molar-refractivity contribution in [3.63, 3.8) is 0 Å². The summed E-state index contributed by atoms with van der Waals surface area (Å²) < 4.78 is 6.46. The van der Waals surface area contributed by atoms with Gasteiger partial charge in [-0.1, -0.05) is 13.3 Å². The molecular formula is C16H20O2S. The molecule has 1 aromatic heterocycles. The van der Waals surface area contributed by atoms with Crippen molar-refractivity contribution >= 4 is 21.4 Å². The van der Waals surface area contributed by atoms with Gasteiger partial charge < -0.3 is 9.84 Å². The largest absolute Gasteiger partial charge is 0.497 e. The first kappa shape index (κ1) is 12.9. The predicted molar refractivity (Wildman–Crippen MR) is 79.9 cm³/mol. The molecule has 2 nitrogen and oxygen atoms in total. The standard InChI is InChI=1S/C16H20O2S/c1-11-4-3-7-16(17,10-11)15-8-12-5-6-13(18-2)9-14(12)19-15/h5-6,8-9,11,17H,3-4,7,10H2,1-2H3. The van der Waals surface area contributed by atoms with Crippen molar-refractivity contribution in [1.82, 2.24) is 0 Å². The van der Waals surface area contributed by atoms with Gasteiger partial charge in [0.25, 0.3) is 0 Å². The molecule has 1 aliphatic carbocycles. The summed E-state index contributed by atoms with van der Waals surface area (Å²) >= 11 is 1.70. The van der Waals surface area contributed by atoms with Crippen molar-refractivity contribution in [1.29, 1.82) is 0 Å². The third kappa shape index (κ3) is 2.37. The second kappa shape index (κ2) is 4.80. The lowest BCUT2D eigenvalue weighted by atomic mass is 9.78. The van der Waals surface area contributed by atoms with Crippen LogP contribution in [0.25, 0.3) is 10.1 Å². The molecule has 1 aliphatic rings. The second-order valence-corrected chi connectivity index (χ2v) is 6.83. The Labute approximate surface area is 118 Å². The van der Waals surface area contributed by atoms with Gasteiger partial charge in [-0.2, -0.15) is 0 Å². The van der Waals surface area contributed by atoms with E-state index in [1.54, 1.807) is 18.4 Å². The van der Waals surface area contributed by atoms with Crippen LogP contribution in [0, 0.1) is 5.92 Å². The van der Waals surface area contributed by atoms with Crippen molar-refractivity contribution in [3.05, 3.63) is 29.1 Å². The topological polar surface area (TPSA) is 29.5 Å². The van der Waals surface area contributed by atoms with Gasteiger partial charge in [-0.3, -0.25) is 0 Å². The Balaban J connectivity index is 2.00. The molecule has 0 bridgehead atoms. The summed E-state index contributed by atoms with van der Waals surface area (Å²) in [5.41, 5.74) is -0.616. The molecular weight excluding hydrogens is 256 g/mol. The second-order valence-electron chi connectivity index (χ2n) is 5.75. The highest BCUT2D eigenvalue weighted by Gasteiger charge is 2.35. The van der Waals surface area contributed by atoms with E-state index >= 15 is 0 Å². The summed E-state index contributed by atoms with van der Waals surface area (Å²) in [7, 11) is 1.69. The van der Waals surface area contributed by atoms with Gasteiger partial charge in [0.1, 0.15) is 5.75 Å². The smallest absolute Gasteiger partial charge is 0.120 e. The molecule has 0 aliphatic heterocycles. The first-order chi connectivity index (χ1) is 9.10. The third-order valence-electron chi connectivity index (χ3n) is 4.16. The van der Waals surface area contributed by atoms with E-state index in [1.165, 1.54) is 16.5 Å². The van der Waals surface area contributed by atoms with Crippen LogP contribution in [0.5, 0.6) is 5.75 Å². The normalized spacial score (nSPS) is 27.6. The van der Waals surface area contributed by atoms with Gasteiger partial charge in [0.2, 0.25) is 0 Å². The lowest BCUT2D eigenvalue weighted by molar-refractivity contribution is -0.0145. The number of thiophene rings is 1. The maximum Gasteiger partial charge on any atom is 0.120 e. The lowest BCUT2D eigenvalue weighted by Gasteiger charge is -2.34. The van der Waals surface area contributed by atoms with E-state index < -0.39 is 5.60 Å². The highest BCUT2D eigenvalue weighted by molar-refractivity contribution is 7.19. The van der Waals surface area contributed by atoms with Crippen molar-refractivity contribution in [2.45, 2.75) is 38.2 Å². The van der Waals surface area contributed by atoms with E-state index in [0.717, 1.165) is 29.9 Å². The average Bonchev–Trinajstić information content (AvgIpc) is 2.81. The van der Waals surface area contributed by atoms with Crippen molar-refractivity contribution < 1.29 is 9.84 Å². The number of benzene rings is 1. The van der Waals surface area contributed by atoms with Gasteiger partial charge in [-0.25, -0.2) is 0 Å². The Bertz CT molecular complexity index is 589. The molecule has 3 heteroatoms. The SMILES string of the molecule is COc1ccc2cc(C3(O)CCCC(C)C3)sc2c1. The summed E-state index contributed by atoms with van der Waals surface area (Å²) in [4.78, 5) is 1.11. The quantitative estimate of drug-likeness (QED) is 0.885. The van der Waals surface area contributed by atoms with Gasteiger partial charge in [-0.05, 0) is 54.8 Å². The van der Waals surface area contributed by atoms with Gasteiger partial charge in [0, 0.05) is 9.58 Å². The molecule has 1 saturated carbocycles. The highest BCUT2D eigenvalue weighted by Crippen LogP contribution is 2.44. The average molecular weight is 276 g/mol. The molecule has 1 N–H and O–H groups in total. The Morgan fingerprint density at radius 3 is 2.95 bits per heavy atom. The molecule has 1 fully saturated rings. The Morgan fingerprint density at radius 1 is 1.37 bits per heavy atom. The molecule has 2 unspecified atom stereocenters. The fourth-order valence-electron chi connectivity index (χ4n) is 3.12. The summed E-state index contributed by atoms with van der Waals surface area (Å²) in [5.74, 6) is 1.49. The summed E-state index contributed by atoms with van der Waals surface area (Å²) in [6.07, 6.45) is 4.13. The van der Waals surface area contributed by atoms with E-state index in [2.05, 4.69) is 25.1 Å².